The molecule has 2 heterocycles. The van der Waals surface area contributed by atoms with Crippen molar-refractivity contribution in [2.24, 2.45) is 0 Å². The topological polar surface area (TPSA) is 99.1 Å². The van der Waals surface area contributed by atoms with Gasteiger partial charge < -0.3 is 14.9 Å². The van der Waals surface area contributed by atoms with E-state index in [0.717, 1.165) is 16.3 Å². The van der Waals surface area contributed by atoms with Crippen molar-refractivity contribution in [3.05, 3.63) is 53.7 Å². The molecule has 2 aromatic carbocycles. The Morgan fingerprint density at radius 2 is 1.96 bits per heavy atom. The predicted octanol–water partition coefficient (Wildman–Crippen LogP) is 1.20. The van der Waals surface area contributed by atoms with Crippen LogP contribution in [0.15, 0.2) is 48.2 Å². The fraction of sp³-hybridized carbons (Fsp3) is 0.263. The number of aliphatic hydroxyl groups excluding tert-OH is 2. The summed E-state index contributed by atoms with van der Waals surface area (Å²) in [4.78, 5) is 25.7. The number of rotatable bonds is 3. The lowest BCUT2D eigenvalue weighted by molar-refractivity contribution is -0.116. The zero-order chi connectivity index (χ0) is 18.3. The standard InChI is InChI=1S/C19H18N2O5/c22-10-16-15(23)9-17(26-16)21-14(18(24)20-19(21)25)8-11-5-6-12-3-1-2-4-13(12)7-11/h1-8,15-17,22-23H,9-10H2,(H,20,24,25)/b14-8-/t15-,16+,17-/m0/s1. The number of fused-ring (bicyclic) bond motifs is 1. The van der Waals surface area contributed by atoms with Gasteiger partial charge in [0.25, 0.3) is 5.91 Å². The third-order valence-corrected chi connectivity index (χ3v) is 4.68. The third kappa shape index (κ3) is 2.86. The maximum absolute atomic E-state index is 12.2. The van der Waals surface area contributed by atoms with E-state index in [2.05, 4.69) is 5.32 Å². The van der Waals surface area contributed by atoms with Crippen molar-refractivity contribution >= 4 is 28.8 Å². The van der Waals surface area contributed by atoms with Crippen molar-refractivity contribution in [1.29, 1.82) is 0 Å². The molecule has 0 radical (unpaired) electrons. The molecule has 7 heteroatoms. The largest absolute Gasteiger partial charge is 0.394 e. The smallest absolute Gasteiger partial charge is 0.331 e. The fourth-order valence-corrected chi connectivity index (χ4v) is 3.35. The molecule has 0 aromatic heterocycles. The Morgan fingerprint density at radius 3 is 2.69 bits per heavy atom. The molecule has 2 fully saturated rings. The second-order valence-electron chi connectivity index (χ2n) is 6.38. The Kier molecular flexibility index (Phi) is 4.20. The lowest BCUT2D eigenvalue weighted by atomic mass is 10.1. The van der Waals surface area contributed by atoms with Gasteiger partial charge in [-0.2, -0.15) is 0 Å². The first-order chi connectivity index (χ1) is 12.6. The van der Waals surface area contributed by atoms with Gasteiger partial charge in [0.1, 0.15) is 18.0 Å². The van der Waals surface area contributed by atoms with Crippen LogP contribution >= 0.6 is 0 Å². The summed E-state index contributed by atoms with van der Waals surface area (Å²) in [6, 6.07) is 13.0. The van der Waals surface area contributed by atoms with Gasteiger partial charge in [-0.1, -0.05) is 36.4 Å². The van der Waals surface area contributed by atoms with Gasteiger partial charge in [0.05, 0.1) is 12.7 Å². The molecule has 2 saturated heterocycles. The molecule has 3 amide bonds. The number of urea groups is 1. The van der Waals surface area contributed by atoms with E-state index >= 15 is 0 Å². The Bertz CT molecular complexity index is 910. The van der Waals surface area contributed by atoms with Crippen LogP contribution in [0.5, 0.6) is 0 Å². The van der Waals surface area contributed by atoms with Crippen molar-refractivity contribution < 1.29 is 24.5 Å². The van der Waals surface area contributed by atoms with Crippen LogP contribution in [0.2, 0.25) is 0 Å². The van der Waals surface area contributed by atoms with Crippen molar-refractivity contribution in [3.63, 3.8) is 0 Å². The van der Waals surface area contributed by atoms with Crippen LogP contribution in [-0.2, 0) is 9.53 Å². The lowest BCUT2D eigenvalue weighted by Crippen LogP contribution is -2.37. The van der Waals surface area contributed by atoms with E-state index in [9.17, 15) is 19.8 Å². The molecule has 2 aromatic rings. The maximum atomic E-state index is 12.2. The average Bonchev–Trinajstić information content (AvgIpc) is 3.13. The number of imide groups is 1. The molecular weight excluding hydrogens is 336 g/mol. The van der Waals surface area contributed by atoms with E-state index in [-0.39, 0.29) is 18.7 Å². The highest BCUT2D eigenvalue weighted by molar-refractivity contribution is 6.14. The molecular formula is C19H18N2O5. The van der Waals surface area contributed by atoms with Gasteiger partial charge in [-0.05, 0) is 28.5 Å². The lowest BCUT2D eigenvalue weighted by Gasteiger charge is -2.22. The molecule has 2 aliphatic rings. The number of aliphatic hydroxyl groups is 2. The highest BCUT2D eigenvalue weighted by Crippen LogP contribution is 2.29. The van der Waals surface area contributed by atoms with Crippen LogP contribution in [0.4, 0.5) is 4.79 Å². The summed E-state index contributed by atoms with van der Waals surface area (Å²) in [5.74, 6) is -0.520. The molecule has 4 rings (SSSR count). The highest BCUT2D eigenvalue weighted by atomic mass is 16.5. The second-order valence-corrected chi connectivity index (χ2v) is 6.38. The number of nitrogens with zero attached hydrogens (tertiary/aromatic N) is 1. The van der Waals surface area contributed by atoms with Crippen LogP contribution in [0, 0.1) is 0 Å². The minimum atomic E-state index is -0.893. The Balaban J connectivity index is 1.68. The molecule has 0 saturated carbocycles. The van der Waals surface area contributed by atoms with Gasteiger partial charge in [0, 0.05) is 6.42 Å². The molecule has 0 bridgehead atoms. The SMILES string of the molecule is O=C1NC(=O)N([C@@H]2C[C@H](O)[C@@H](CO)O2)/C1=C\c1ccc2ccccc2c1. The number of hydrogen-bond donors (Lipinski definition) is 3. The van der Waals surface area contributed by atoms with Crippen molar-refractivity contribution in [1.82, 2.24) is 10.2 Å². The summed E-state index contributed by atoms with van der Waals surface area (Å²) in [6.07, 6.45) is -0.725. The second kappa shape index (κ2) is 6.53. The molecule has 134 valence electrons. The van der Waals surface area contributed by atoms with Gasteiger partial charge in [-0.15, -0.1) is 0 Å². The Hall–Kier alpha value is -2.74. The number of benzene rings is 2. The van der Waals surface area contributed by atoms with E-state index in [0.29, 0.717) is 0 Å². The number of nitrogens with one attached hydrogen (secondary N) is 1. The monoisotopic (exact) mass is 354 g/mol. The molecule has 3 N–H and O–H groups in total. The first-order valence-corrected chi connectivity index (χ1v) is 8.36. The quantitative estimate of drug-likeness (QED) is 0.568. The molecule has 0 aliphatic carbocycles. The van der Waals surface area contributed by atoms with Gasteiger partial charge in [-0.3, -0.25) is 15.0 Å². The maximum Gasteiger partial charge on any atom is 0.331 e. The zero-order valence-corrected chi connectivity index (χ0v) is 13.8. The normalized spacial score (nSPS) is 27.5. The summed E-state index contributed by atoms with van der Waals surface area (Å²) < 4.78 is 5.54. The number of carbonyl (C=O) groups is 2. The van der Waals surface area contributed by atoms with Crippen LogP contribution in [0.3, 0.4) is 0 Å². The molecule has 7 nitrogen and oxygen atoms in total. The fourth-order valence-electron chi connectivity index (χ4n) is 3.35. The first kappa shape index (κ1) is 16.7. The summed E-state index contributed by atoms with van der Waals surface area (Å²) >= 11 is 0. The predicted molar refractivity (Wildman–Crippen MR) is 93.7 cm³/mol. The summed E-state index contributed by atoms with van der Waals surface area (Å²) in [7, 11) is 0. The minimum absolute atomic E-state index is 0.126. The van der Waals surface area contributed by atoms with Crippen LogP contribution in [-0.4, -0.2) is 52.1 Å². The summed E-state index contributed by atoms with van der Waals surface area (Å²) in [6.45, 7) is -0.356. The number of hydrogen-bond acceptors (Lipinski definition) is 5. The van der Waals surface area contributed by atoms with Crippen LogP contribution in [0.1, 0.15) is 12.0 Å². The Morgan fingerprint density at radius 1 is 1.19 bits per heavy atom. The van der Waals surface area contributed by atoms with Gasteiger partial charge >= 0.3 is 6.03 Å². The van der Waals surface area contributed by atoms with Crippen LogP contribution in [0.25, 0.3) is 16.8 Å². The van der Waals surface area contributed by atoms with Gasteiger partial charge in [0.15, 0.2) is 0 Å². The molecule has 0 spiro atoms. The summed E-state index contributed by atoms with van der Waals surface area (Å²) in [5, 5.41) is 23.5. The highest BCUT2D eigenvalue weighted by Gasteiger charge is 2.45. The molecule has 26 heavy (non-hydrogen) atoms. The van der Waals surface area contributed by atoms with Crippen molar-refractivity contribution in [3.8, 4) is 0 Å². The first-order valence-electron chi connectivity index (χ1n) is 8.36. The zero-order valence-electron chi connectivity index (χ0n) is 13.8. The van der Waals surface area contributed by atoms with E-state index in [4.69, 9.17) is 4.74 Å². The van der Waals surface area contributed by atoms with Crippen LogP contribution < -0.4 is 5.32 Å². The van der Waals surface area contributed by atoms with E-state index in [1.54, 1.807) is 6.08 Å². The Labute approximate surface area is 149 Å². The number of amides is 3. The third-order valence-electron chi connectivity index (χ3n) is 4.68. The number of carbonyl (C=O) groups excluding carboxylic acids is 2. The molecule has 0 unspecified atom stereocenters. The number of ether oxygens (including phenoxy) is 1. The average molecular weight is 354 g/mol. The van der Waals surface area contributed by atoms with Crippen molar-refractivity contribution in [2.45, 2.75) is 24.9 Å². The van der Waals surface area contributed by atoms with Crippen molar-refractivity contribution in [2.75, 3.05) is 6.61 Å². The van der Waals surface area contributed by atoms with E-state index < -0.39 is 30.4 Å². The van der Waals surface area contributed by atoms with Gasteiger partial charge in [-0.25, -0.2) is 4.79 Å². The van der Waals surface area contributed by atoms with Gasteiger partial charge in [0.2, 0.25) is 0 Å². The van der Waals surface area contributed by atoms with E-state index in [1.807, 2.05) is 42.5 Å². The summed E-state index contributed by atoms with van der Waals surface area (Å²) in [5.41, 5.74) is 0.923. The molecule has 2 aliphatic heterocycles. The minimum Gasteiger partial charge on any atom is -0.394 e. The molecule has 3 atom stereocenters. The van der Waals surface area contributed by atoms with E-state index in [1.165, 1.54) is 4.90 Å².